The van der Waals surface area contributed by atoms with Crippen molar-refractivity contribution < 1.29 is 14.5 Å². The molecule has 0 radical (unpaired) electrons. The number of rotatable bonds is 3. The average Bonchev–Trinajstić information content (AvgIpc) is 2.80. The van der Waals surface area contributed by atoms with Crippen LogP contribution in [0.15, 0.2) is 30.5 Å². The number of nitrogens with one attached hydrogen (secondary N) is 1. The van der Waals surface area contributed by atoms with E-state index in [4.69, 9.17) is 4.74 Å². The summed E-state index contributed by atoms with van der Waals surface area (Å²) in [5, 5.41) is 10.6. The smallest absolute Gasteiger partial charge is 0.355 e. The van der Waals surface area contributed by atoms with Crippen LogP contribution in [-0.4, -0.2) is 23.0 Å². The van der Waals surface area contributed by atoms with Gasteiger partial charge in [0.25, 0.3) is 5.69 Å². The van der Waals surface area contributed by atoms with Crippen LogP contribution in [0, 0.1) is 17.0 Å². The first-order valence-corrected chi connectivity index (χ1v) is 5.55. The molecule has 1 heterocycles. The first-order chi connectivity index (χ1) is 9.04. The van der Waals surface area contributed by atoms with Gasteiger partial charge in [-0.15, -0.1) is 0 Å². The minimum atomic E-state index is -0.471. The molecule has 1 aromatic carbocycles. The minimum Gasteiger partial charge on any atom is -0.464 e. The van der Waals surface area contributed by atoms with E-state index in [1.807, 2.05) is 6.92 Å². The molecule has 0 saturated carbocycles. The maximum atomic E-state index is 11.6. The molecule has 0 bridgehead atoms. The van der Waals surface area contributed by atoms with Gasteiger partial charge in [-0.2, -0.15) is 0 Å². The molecule has 1 aromatic heterocycles. The van der Waals surface area contributed by atoms with Crippen molar-refractivity contribution in [2.24, 2.45) is 0 Å². The molecule has 6 heteroatoms. The van der Waals surface area contributed by atoms with Gasteiger partial charge >= 0.3 is 5.97 Å². The number of ether oxygens (including phenoxy) is 1. The van der Waals surface area contributed by atoms with Gasteiger partial charge in [0.2, 0.25) is 0 Å². The molecule has 6 nitrogen and oxygen atoms in total. The zero-order valence-corrected chi connectivity index (χ0v) is 10.5. The van der Waals surface area contributed by atoms with Crippen molar-refractivity contribution in [3.63, 3.8) is 0 Å². The second-order valence-electron chi connectivity index (χ2n) is 4.02. The number of hydrogen-bond acceptors (Lipinski definition) is 4. The van der Waals surface area contributed by atoms with Gasteiger partial charge in [-0.3, -0.25) is 10.1 Å². The van der Waals surface area contributed by atoms with Crippen molar-refractivity contribution in [3.05, 3.63) is 51.8 Å². The van der Waals surface area contributed by atoms with Crippen LogP contribution in [0.3, 0.4) is 0 Å². The monoisotopic (exact) mass is 260 g/mol. The summed E-state index contributed by atoms with van der Waals surface area (Å²) in [6, 6.07) is 6.03. The molecule has 98 valence electrons. The van der Waals surface area contributed by atoms with Crippen molar-refractivity contribution in [1.29, 1.82) is 0 Å². The summed E-state index contributed by atoms with van der Waals surface area (Å²) < 4.78 is 4.70. The lowest BCUT2D eigenvalue weighted by Crippen LogP contribution is -2.03. The van der Waals surface area contributed by atoms with E-state index in [1.54, 1.807) is 18.3 Å². The van der Waals surface area contributed by atoms with Crippen molar-refractivity contribution in [2.45, 2.75) is 6.92 Å². The molecule has 0 spiro atoms. The molecule has 0 saturated heterocycles. The molecule has 0 aliphatic rings. The lowest BCUT2D eigenvalue weighted by molar-refractivity contribution is -0.384. The molecule has 2 rings (SSSR count). The third kappa shape index (κ3) is 2.33. The molecule has 0 aliphatic carbocycles. The second kappa shape index (κ2) is 4.93. The molecule has 19 heavy (non-hydrogen) atoms. The van der Waals surface area contributed by atoms with Crippen LogP contribution in [0.1, 0.15) is 16.1 Å². The summed E-state index contributed by atoms with van der Waals surface area (Å²) >= 11 is 0. The highest BCUT2D eigenvalue weighted by Gasteiger charge is 2.18. The maximum Gasteiger partial charge on any atom is 0.355 e. The fourth-order valence-corrected chi connectivity index (χ4v) is 1.91. The number of aromatic amines is 1. The summed E-state index contributed by atoms with van der Waals surface area (Å²) in [6.45, 7) is 1.85. The number of methoxy groups -OCH3 is 1. The number of H-pyrrole nitrogens is 1. The summed E-state index contributed by atoms with van der Waals surface area (Å²) in [5.41, 5.74) is 2.64. The van der Waals surface area contributed by atoms with Crippen LogP contribution in [-0.2, 0) is 4.74 Å². The predicted molar refractivity (Wildman–Crippen MR) is 69.0 cm³/mol. The van der Waals surface area contributed by atoms with Gasteiger partial charge in [0.1, 0.15) is 5.69 Å². The van der Waals surface area contributed by atoms with Crippen molar-refractivity contribution in [2.75, 3.05) is 7.11 Å². The summed E-state index contributed by atoms with van der Waals surface area (Å²) in [5.74, 6) is -0.471. The average molecular weight is 260 g/mol. The Morgan fingerprint density at radius 3 is 2.47 bits per heavy atom. The maximum absolute atomic E-state index is 11.6. The molecule has 2 aromatic rings. The minimum absolute atomic E-state index is 0.0107. The Hall–Kier alpha value is -2.63. The molecule has 0 amide bonds. The van der Waals surface area contributed by atoms with E-state index < -0.39 is 10.9 Å². The van der Waals surface area contributed by atoms with E-state index in [0.29, 0.717) is 11.3 Å². The lowest BCUT2D eigenvalue weighted by atomic mass is 10.0. The van der Waals surface area contributed by atoms with Gasteiger partial charge in [-0.25, -0.2) is 4.79 Å². The van der Waals surface area contributed by atoms with Crippen LogP contribution in [0.2, 0.25) is 0 Å². The normalized spacial score (nSPS) is 10.2. The number of nitrogens with zero attached hydrogens (tertiary/aromatic N) is 1. The fourth-order valence-electron chi connectivity index (χ4n) is 1.91. The van der Waals surface area contributed by atoms with E-state index in [2.05, 4.69) is 4.98 Å². The number of aromatic nitrogens is 1. The predicted octanol–water partition coefficient (Wildman–Crippen LogP) is 2.68. The zero-order chi connectivity index (χ0) is 14.0. The topological polar surface area (TPSA) is 85.2 Å². The number of benzene rings is 1. The van der Waals surface area contributed by atoms with Crippen LogP contribution < -0.4 is 0 Å². The van der Waals surface area contributed by atoms with Gasteiger partial charge in [-0.1, -0.05) is 0 Å². The van der Waals surface area contributed by atoms with Crippen molar-refractivity contribution >= 4 is 11.7 Å². The zero-order valence-electron chi connectivity index (χ0n) is 10.5. The van der Waals surface area contributed by atoms with Crippen LogP contribution >= 0.6 is 0 Å². The van der Waals surface area contributed by atoms with Gasteiger partial charge in [-0.05, 0) is 30.2 Å². The quantitative estimate of drug-likeness (QED) is 0.522. The van der Waals surface area contributed by atoms with Gasteiger partial charge in [0, 0.05) is 23.9 Å². The Bertz CT molecular complexity index is 629. The molecule has 1 N–H and O–H groups in total. The largest absolute Gasteiger partial charge is 0.464 e. The van der Waals surface area contributed by atoms with Crippen molar-refractivity contribution in [3.8, 4) is 11.1 Å². The van der Waals surface area contributed by atoms with Crippen LogP contribution in [0.25, 0.3) is 11.1 Å². The Morgan fingerprint density at radius 1 is 1.32 bits per heavy atom. The number of hydrogen-bond donors (Lipinski definition) is 1. The molecule has 0 aliphatic heterocycles. The summed E-state index contributed by atoms with van der Waals surface area (Å²) in [6.07, 6.45) is 1.70. The van der Waals surface area contributed by atoms with E-state index in [-0.39, 0.29) is 5.69 Å². The highest BCUT2D eigenvalue weighted by molar-refractivity contribution is 5.96. The van der Waals surface area contributed by atoms with Crippen LogP contribution in [0.4, 0.5) is 5.69 Å². The number of carbonyl (C=O) groups is 1. The SMILES string of the molecule is COC(=O)c1[nH]cc(C)c1-c1ccc([N+](=O)[O-])cc1. The molecule has 0 atom stereocenters. The Balaban J connectivity index is 2.49. The van der Waals surface area contributed by atoms with E-state index in [9.17, 15) is 14.9 Å². The Labute approximate surface area is 109 Å². The lowest BCUT2D eigenvalue weighted by Gasteiger charge is -2.04. The third-order valence-electron chi connectivity index (χ3n) is 2.83. The van der Waals surface area contributed by atoms with Gasteiger partial charge in [0.05, 0.1) is 12.0 Å². The Kier molecular flexibility index (Phi) is 3.33. The number of non-ortho nitro benzene ring substituents is 1. The third-order valence-corrected chi connectivity index (χ3v) is 2.83. The fraction of sp³-hybridized carbons (Fsp3) is 0.154. The molecular weight excluding hydrogens is 248 g/mol. The molecule has 0 fully saturated rings. The van der Waals surface area contributed by atoms with Crippen LogP contribution in [0.5, 0.6) is 0 Å². The van der Waals surface area contributed by atoms with E-state index in [1.165, 1.54) is 19.2 Å². The first kappa shape index (κ1) is 12.8. The number of carbonyl (C=O) groups excluding carboxylic acids is 1. The summed E-state index contributed by atoms with van der Waals surface area (Å²) in [4.78, 5) is 24.6. The number of nitro groups is 1. The first-order valence-electron chi connectivity index (χ1n) is 5.55. The number of esters is 1. The van der Waals surface area contributed by atoms with Crippen molar-refractivity contribution in [1.82, 2.24) is 4.98 Å². The number of aryl methyl sites for hydroxylation is 1. The highest BCUT2D eigenvalue weighted by atomic mass is 16.6. The second-order valence-corrected chi connectivity index (χ2v) is 4.02. The molecular formula is C13H12N2O4. The number of nitro benzene ring substituents is 1. The van der Waals surface area contributed by atoms with E-state index >= 15 is 0 Å². The summed E-state index contributed by atoms with van der Waals surface area (Å²) in [7, 11) is 1.30. The van der Waals surface area contributed by atoms with Gasteiger partial charge in [0.15, 0.2) is 0 Å². The molecule has 0 unspecified atom stereocenters. The standard InChI is InChI=1S/C13H12N2O4/c1-8-7-14-12(13(16)19-2)11(8)9-3-5-10(6-4-9)15(17)18/h3-7,14H,1-2H3. The van der Waals surface area contributed by atoms with Gasteiger partial charge < -0.3 is 9.72 Å². The highest BCUT2D eigenvalue weighted by Crippen LogP contribution is 2.29. The Morgan fingerprint density at radius 2 is 1.95 bits per heavy atom. The van der Waals surface area contributed by atoms with E-state index in [0.717, 1.165) is 11.1 Å².